The van der Waals surface area contributed by atoms with Gasteiger partial charge in [0.2, 0.25) is 0 Å². The van der Waals surface area contributed by atoms with Crippen LogP contribution in [0.25, 0.3) is 0 Å². The molecular formula is C19H31NO. The van der Waals surface area contributed by atoms with Crippen molar-refractivity contribution in [2.75, 3.05) is 6.61 Å². The van der Waals surface area contributed by atoms with Gasteiger partial charge in [-0.25, -0.2) is 0 Å². The van der Waals surface area contributed by atoms with E-state index in [0.717, 1.165) is 37.2 Å². The molecule has 1 fully saturated rings. The Labute approximate surface area is 130 Å². The number of hydrogen-bond acceptors (Lipinski definition) is 2. The van der Waals surface area contributed by atoms with Gasteiger partial charge in [0.1, 0.15) is 5.75 Å². The molecule has 2 rings (SSSR count). The van der Waals surface area contributed by atoms with E-state index in [1.807, 2.05) is 0 Å². The fourth-order valence-corrected chi connectivity index (χ4v) is 3.26. The Balaban J connectivity index is 1.75. The van der Waals surface area contributed by atoms with Gasteiger partial charge in [-0.1, -0.05) is 39.3 Å². The second-order valence-electron chi connectivity index (χ2n) is 6.73. The highest BCUT2D eigenvalue weighted by molar-refractivity contribution is 5.27. The smallest absolute Gasteiger partial charge is 0.119 e. The summed E-state index contributed by atoms with van der Waals surface area (Å²) >= 11 is 0. The van der Waals surface area contributed by atoms with Gasteiger partial charge in [0.15, 0.2) is 0 Å². The van der Waals surface area contributed by atoms with E-state index in [4.69, 9.17) is 4.74 Å². The fourth-order valence-electron chi connectivity index (χ4n) is 3.26. The molecule has 21 heavy (non-hydrogen) atoms. The minimum Gasteiger partial charge on any atom is -0.494 e. The molecule has 2 nitrogen and oxygen atoms in total. The summed E-state index contributed by atoms with van der Waals surface area (Å²) in [6, 6.07) is 9.24. The third kappa shape index (κ3) is 5.35. The van der Waals surface area contributed by atoms with Gasteiger partial charge < -0.3 is 10.1 Å². The van der Waals surface area contributed by atoms with Crippen molar-refractivity contribution < 1.29 is 4.74 Å². The molecule has 0 spiro atoms. The van der Waals surface area contributed by atoms with Crippen LogP contribution in [-0.4, -0.2) is 12.6 Å². The highest BCUT2D eigenvalue weighted by Crippen LogP contribution is 2.28. The molecule has 2 heteroatoms. The Kier molecular flexibility index (Phi) is 6.56. The van der Waals surface area contributed by atoms with Crippen molar-refractivity contribution in [1.82, 2.24) is 5.32 Å². The zero-order valence-corrected chi connectivity index (χ0v) is 13.9. The van der Waals surface area contributed by atoms with Gasteiger partial charge in [0.25, 0.3) is 0 Å². The summed E-state index contributed by atoms with van der Waals surface area (Å²) in [7, 11) is 0. The molecular weight excluding hydrogens is 258 g/mol. The lowest BCUT2D eigenvalue weighted by Gasteiger charge is -2.33. The van der Waals surface area contributed by atoms with E-state index < -0.39 is 0 Å². The van der Waals surface area contributed by atoms with E-state index >= 15 is 0 Å². The van der Waals surface area contributed by atoms with Crippen molar-refractivity contribution >= 4 is 0 Å². The molecule has 1 aromatic rings. The first-order valence-corrected chi connectivity index (χ1v) is 8.64. The number of rotatable bonds is 7. The maximum Gasteiger partial charge on any atom is 0.119 e. The first-order chi connectivity index (χ1) is 10.2. The van der Waals surface area contributed by atoms with E-state index in [1.165, 1.54) is 31.2 Å². The molecule has 0 aromatic heterocycles. The van der Waals surface area contributed by atoms with Gasteiger partial charge in [-0.2, -0.15) is 0 Å². The molecule has 0 aliphatic heterocycles. The van der Waals surface area contributed by atoms with Crippen molar-refractivity contribution in [1.29, 1.82) is 0 Å². The Morgan fingerprint density at radius 2 is 1.90 bits per heavy atom. The molecule has 1 aliphatic rings. The molecule has 1 aromatic carbocycles. The quantitative estimate of drug-likeness (QED) is 0.729. The lowest BCUT2D eigenvalue weighted by molar-refractivity contribution is 0.227. The van der Waals surface area contributed by atoms with E-state index in [9.17, 15) is 0 Å². The van der Waals surface area contributed by atoms with Crippen LogP contribution in [0.5, 0.6) is 5.75 Å². The molecule has 0 bridgehead atoms. The summed E-state index contributed by atoms with van der Waals surface area (Å²) in [5.41, 5.74) is 1.35. The van der Waals surface area contributed by atoms with Gasteiger partial charge in [-0.15, -0.1) is 0 Å². The average molecular weight is 289 g/mol. The lowest BCUT2D eigenvalue weighted by Crippen LogP contribution is -2.38. The fraction of sp³-hybridized carbons (Fsp3) is 0.684. The van der Waals surface area contributed by atoms with Crippen molar-refractivity contribution in [2.45, 2.75) is 65.5 Å². The van der Waals surface area contributed by atoms with Gasteiger partial charge in [-0.3, -0.25) is 0 Å². The molecule has 1 N–H and O–H groups in total. The second kappa shape index (κ2) is 8.43. The molecule has 0 heterocycles. The largest absolute Gasteiger partial charge is 0.494 e. The number of nitrogens with one attached hydrogen (secondary N) is 1. The van der Waals surface area contributed by atoms with E-state index in [1.54, 1.807) is 0 Å². The van der Waals surface area contributed by atoms with Gasteiger partial charge >= 0.3 is 0 Å². The Morgan fingerprint density at radius 1 is 1.14 bits per heavy atom. The summed E-state index contributed by atoms with van der Waals surface area (Å²) in [6.07, 6.45) is 6.36. The third-order valence-electron chi connectivity index (χ3n) is 4.69. The van der Waals surface area contributed by atoms with Crippen LogP contribution < -0.4 is 10.1 Å². The number of ether oxygens (including phenoxy) is 1. The molecule has 1 aliphatic carbocycles. The van der Waals surface area contributed by atoms with Crippen LogP contribution in [-0.2, 0) is 6.54 Å². The summed E-state index contributed by atoms with van der Waals surface area (Å²) in [6.45, 7) is 8.75. The van der Waals surface area contributed by atoms with Crippen LogP contribution in [0.3, 0.4) is 0 Å². The monoisotopic (exact) mass is 289 g/mol. The third-order valence-corrected chi connectivity index (χ3v) is 4.69. The van der Waals surface area contributed by atoms with Gasteiger partial charge in [-0.05, 0) is 55.2 Å². The molecule has 3 atom stereocenters. The molecule has 0 amide bonds. The summed E-state index contributed by atoms with van der Waals surface area (Å²) < 4.78 is 5.70. The topological polar surface area (TPSA) is 21.3 Å². The number of hydrogen-bond donors (Lipinski definition) is 1. The second-order valence-corrected chi connectivity index (χ2v) is 6.73. The van der Waals surface area contributed by atoms with Crippen LogP contribution >= 0.6 is 0 Å². The zero-order chi connectivity index (χ0) is 15.1. The normalized spacial score (nSPS) is 25.8. The molecule has 3 unspecified atom stereocenters. The Hall–Kier alpha value is -1.02. The first-order valence-electron chi connectivity index (χ1n) is 8.64. The zero-order valence-electron chi connectivity index (χ0n) is 13.9. The van der Waals surface area contributed by atoms with Gasteiger partial charge in [0.05, 0.1) is 6.61 Å². The van der Waals surface area contributed by atoms with E-state index in [0.29, 0.717) is 6.04 Å². The van der Waals surface area contributed by atoms with Crippen molar-refractivity contribution in [2.24, 2.45) is 11.8 Å². The van der Waals surface area contributed by atoms with E-state index in [-0.39, 0.29) is 0 Å². The maximum absolute atomic E-state index is 5.70. The van der Waals surface area contributed by atoms with Crippen LogP contribution in [0.2, 0.25) is 0 Å². The average Bonchev–Trinajstić information content (AvgIpc) is 2.48. The number of benzene rings is 1. The van der Waals surface area contributed by atoms with Crippen LogP contribution in [0.15, 0.2) is 24.3 Å². The molecule has 0 saturated heterocycles. The van der Waals surface area contributed by atoms with Crippen molar-refractivity contribution in [3.05, 3.63) is 29.8 Å². The summed E-state index contributed by atoms with van der Waals surface area (Å²) in [5, 5.41) is 3.74. The highest BCUT2D eigenvalue weighted by Gasteiger charge is 2.24. The van der Waals surface area contributed by atoms with Crippen LogP contribution in [0.1, 0.15) is 58.4 Å². The summed E-state index contributed by atoms with van der Waals surface area (Å²) in [4.78, 5) is 0. The molecule has 0 radical (unpaired) electrons. The van der Waals surface area contributed by atoms with Crippen LogP contribution in [0.4, 0.5) is 0 Å². The minimum atomic E-state index is 0.682. The SMILES string of the molecule is CCCCOc1ccc(CNC2CCC(C)CC2C)cc1. The predicted octanol–water partition coefficient (Wildman–Crippen LogP) is 4.78. The first kappa shape index (κ1) is 16.4. The van der Waals surface area contributed by atoms with Gasteiger partial charge in [0, 0.05) is 12.6 Å². The van der Waals surface area contributed by atoms with E-state index in [2.05, 4.69) is 50.4 Å². The molecule has 1 saturated carbocycles. The number of unbranched alkanes of at least 4 members (excludes halogenated alkanes) is 1. The van der Waals surface area contributed by atoms with Crippen molar-refractivity contribution in [3.63, 3.8) is 0 Å². The van der Waals surface area contributed by atoms with Crippen molar-refractivity contribution in [3.8, 4) is 5.75 Å². The minimum absolute atomic E-state index is 0.682. The highest BCUT2D eigenvalue weighted by atomic mass is 16.5. The standard InChI is InChI=1S/C19H31NO/c1-4-5-12-21-18-9-7-17(8-10-18)14-20-19-11-6-15(2)13-16(19)3/h7-10,15-16,19-20H,4-6,11-14H2,1-3H3. The predicted molar refractivity (Wildman–Crippen MR) is 89.7 cm³/mol. The summed E-state index contributed by atoms with van der Waals surface area (Å²) in [5.74, 6) is 2.69. The molecule has 118 valence electrons. The Bertz CT molecular complexity index is 401. The Morgan fingerprint density at radius 3 is 2.57 bits per heavy atom. The van der Waals surface area contributed by atoms with Crippen LogP contribution in [0, 0.1) is 11.8 Å². The maximum atomic E-state index is 5.70. The lowest BCUT2D eigenvalue weighted by atomic mass is 9.80.